The summed E-state index contributed by atoms with van der Waals surface area (Å²) in [5.41, 5.74) is 6.39. The van der Waals surface area contributed by atoms with Crippen molar-refractivity contribution in [3.8, 4) is 11.5 Å². The van der Waals surface area contributed by atoms with Gasteiger partial charge in [0.05, 0.1) is 30.9 Å². The van der Waals surface area contributed by atoms with Crippen LogP contribution in [0.25, 0.3) is 0 Å². The number of thioether (sulfide) groups is 1. The van der Waals surface area contributed by atoms with Gasteiger partial charge in [-0.2, -0.15) is 4.99 Å². The number of hydrogen-bond acceptors (Lipinski definition) is 8. The quantitative estimate of drug-likeness (QED) is 0.569. The summed E-state index contributed by atoms with van der Waals surface area (Å²) in [6.45, 7) is 2.05. The highest BCUT2D eigenvalue weighted by Gasteiger charge is 2.33. The number of methoxy groups -OCH3 is 2. The van der Waals surface area contributed by atoms with E-state index < -0.39 is 4.92 Å². The van der Waals surface area contributed by atoms with Crippen molar-refractivity contribution in [2.24, 2.45) is 4.99 Å². The predicted molar refractivity (Wildman–Crippen MR) is 118 cm³/mol. The summed E-state index contributed by atoms with van der Waals surface area (Å²) in [4.78, 5) is 26.6. The van der Waals surface area contributed by atoms with Gasteiger partial charge in [-0.1, -0.05) is 23.9 Å². The van der Waals surface area contributed by atoms with Crippen molar-refractivity contribution >= 4 is 28.5 Å². The van der Waals surface area contributed by atoms with Crippen molar-refractivity contribution in [1.29, 1.82) is 0 Å². The van der Waals surface area contributed by atoms with Crippen LogP contribution < -0.4 is 14.9 Å². The van der Waals surface area contributed by atoms with Gasteiger partial charge in [-0.15, -0.1) is 0 Å². The molecular formula is C21H22N4O5S. The van der Waals surface area contributed by atoms with Gasteiger partial charge in [0.15, 0.2) is 16.7 Å². The van der Waals surface area contributed by atoms with Crippen LogP contribution in [0.1, 0.15) is 29.7 Å². The number of carbonyl (C=O) groups is 1. The molecule has 0 aromatic heterocycles. The first-order valence-corrected chi connectivity index (χ1v) is 10.7. The standard InChI is InChI=1S/C21H22N4O5S/c1-12-8-14-9-17(29-2)18(30-3)10-16(14)20(13-4-6-15(7-5-13)25(27)28)23-24(12)21-22-19(26)11-31-21/h4-7,9-10,12,20,23H,8,11H2,1-3H3/t12-,20+/m0/s1. The summed E-state index contributed by atoms with van der Waals surface area (Å²) in [6, 6.07) is 10.00. The lowest BCUT2D eigenvalue weighted by molar-refractivity contribution is -0.384. The summed E-state index contributed by atoms with van der Waals surface area (Å²) < 4.78 is 11.0. The van der Waals surface area contributed by atoms with Gasteiger partial charge in [-0.25, -0.2) is 5.43 Å². The van der Waals surface area contributed by atoms with Gasteiger partial charge in [0.25, 0.3) is 11.6 Å². The van der Waals surface area contributed by atoms with Crippen molar-refractivity contribution in [2.75, 3.05) is 20.0 Å². The Kier molecular flexibility index (Phi) is 5.84. The van der Waals surface area contributed by atoms with Gasteiger partial charge in [0.2, 0.25) is 0 Å². The van der Waals surface area contributed by atoms with E-state index in [4.69, 9.17) is 9.47 Å². The summed E-state index contributed by atoms with van der Waals surface area (Å²) in [5.74, 6) is 1.38. The highest BCUT2D eigenvalue weighted by atomic mass is 32.2. The molecule has 0 aliphatic carbocycles. The summed E-state index contributed by atoms with van der Waals surface area (Å²) in [7, 11) is 3.18. The number of carbonyl (C=O) groups excluding carboxylic acids is 1. The van der Waals surface area contributed by atoms with Crippen LogP contribution in [0.15, 0.2) is 41.4 Å². The second kappa shape index (κ2) is 8.56. The molecular weight excluding hydrogens is 420 g/mol. The normalized spacial score (nSPS) is 20.7. The third-order valence-corrected chi connectivity index (χ3v) is 6.31. The molecule has 2 aliphatic heterocycles. The molecule has 9 nitrogen and oxygen atoms in total. The zero-order valence-corrected chi connectivity index (χ0v) is 18.1. The van der Waals surface area contributed by atoms with Gasteiger partial charge in [0.1, 0.15) is 0 Å². The molecule has 2 aliphatic rings. The fourth-order valence-corrected chi connectivity index (χ4v) is 4.69. The van der Waals surface area contributed by atoms with E-state index >= 15 is 0 Å². The highest BCUT2D eigenvalue weighted by molar-refractivity contribution is 8.14. The zero-order chi connectivity index (χ0) is 22.1. The lowest BCUT2D eigenvalue weighted by Gasteiger charge is -2.31. The molecule has 0 unspecified atom stereocenters. The fraction of sp³-hybridized carbons (Fsp3) is 0.333. The molecule has 2 aromatic rings. The number of rotatable bonds is 4. The zero-order valence-electron chi connectivity index (χ0n) is 17.3. The van der Waals surface area contributed by atoms with Crippen molar-refractivity contribution in [2.45, 2.75) is 25.4 Å². The first kappa shape index (κ1) is 21.1. The van der Waals surface area contributed by atoms with Crippen LogP contribution in [0.3, 0.4) is 0 Å². The minimum Gasteiger partial charge on any atom is -0.493 e. The number of ether oxygens (including phenoxy) is 2. The molecule has 0 fully saturated rings. The Balaban J connectivity index is 1.83. The Hall–Kier alpha value is -3.11. The number of non-ortho nitro benzene ring substituents is 1. The van der Waals surface area contributed by atoms with E-state index in [1.165, 1.54) is 23.9 Å². The fourth-order valence-electron chi connectivity index (χ4n) is 3.83. The second-order valence-electron chi connectivity index (χ2n) is 7.32. The maximum Gasteiger partial charge on any atom is 0.269 e. The van der Waals surface area contributed by atoms with E-state index in [1.807, 2.05) is 17.1 Å². The molecule has 162 valence electrons. The van der Waals surface area contributed by atoms with Crippen LogP contribution in [0, 0.1) is 10.1 Å². The number of hydrazine groups is 1. The molecule has 2 heterocycles. The van der Waals surface area contributed by atoms with E-state index in [-0.39, 0.29) is 23.7 Å². The number of fused-ring (bicyclic) bond motifs is 1. The number of nitrogens with zero attached hydrogens (tertiary/aromatic N) is 3. The molecule has 31 heavy (non-hydrogen) atoms. The summed E-state index contributed by atoms with van der Waals surface area (Å²) in [6.07, 6.45) is 0.680. The molecule has 10 heteroatoms. The van der Waals surface area contributed by atoms with Crippen molar-refractivity contribution in [1.82, 2.24) is 10.4 Å². The van der Waals surface area contributed by atoms with E-state index in [0.29, 0.717) is 28.8 Å². The molecule has 0 radical (unpaired) electrons. The van der Waals surface area contributed by atoms with Crippen LogP contribution in [-0.2, 0) is 11.2 Å². The number of amidine groups is 1. The number of amides is 1. The Labute approximate surface area is 183 Å². The number of nitro benzene ring substituents is 1. The lowest BCUT2D eigenvalue weighted by atomic mass is 9.92. The molecule has 2 aromatic carbocycles. The molecule has 0 spiro atoms. The number of benzene rings is 2. The van der Waals surface area contributed by atoms with Gasteiger partial charge in [-0.3, -0.25) is 19.9 Å². The van der Waals surface area contributed by atoms with Crippen LogP contribution in [0.4, 0.5) is 5.69 Å². The summed E-state index contributed by atoms with van der Waals surface area (Å²) in [5, 5.41) is 13.6. The number of nitro groups is 1. The van der Waals surface area contributed by atoms with Crippen molar-refractivity contribution in [3.63, 3.8) is 0 Å². The monoisotopic (exact) mass is 442 g/mol. The van der Waals surface area contributed by atoms with Crippen LogP contribution >= 0.6 is 11.8 Å². The predicted octanol–water partition coefficient (Wildman–Crippen LogP) is 3.08. The molecule has 2 atom stereocenters. The number of nitrogens with one attached hydrogen (secondary N) is 1. The SMILES string of the molecule is COc1cc2c(cc1OC)[C@@H](c1ccc([N+](=O)[O-])cc1)NN(C1=NC(=O)CS1)[C@@H](C)C2. The first-order valence-electron chi connectivity index (χ1n) is 9.70. The maximum absolute atomic E-state index is 11.8. The molecule has 4 rings (SSSR count). The topological polar surface area (TPSA) is 106 Å². The highest BCUT2D eigenvalue weighted by Crippen LogP contribution is 2.39. The molecule has 0 bridgehead atoms. The molecule has 0 saturated heterocycles. The molecule has 0 saturated carbocycles. The number of aliphatic imine (C=N–C) groups is 1. The third-order valence-electron chi connectivity index (χ3n) is 5.37. The Morgan fingerprint density at radius 2 is 1.87 bits per heavy atom. The van der Waals surface area contributed by atoms with Gasteiger partial charge < -0.3 is 9.47 Å². The minimum atomic E-state index is -0.421. The smallest absolute Gasteiger partial charge is 0.269 e. The van der Waals surface area contributed by atoms with E-state index in [2.05, 4.69) is 17.3 Å². The maximum atomic E-state index is 11.8. The van der Waals surface area contributed by atoms with Gasteiger partial charge >= 0.3 is 0 Å². The largest absolute Gasteiger partial charge is 0.493 e. The van der Waals surface area contributed by atoms with Crippen molar-refractivity contribution in [3.05, 3.63) is 63.2 Å². The number of hydrogen-bond donors (Lipinski definition) is 1. The Bertz CT molecular complexity index is 1060. The van der Waals surface area contributed by atoms with Gasteiger partial charge in [0, 0.05) is 18.2 Å². The molecule has 1 N–H and O–H groups in total. The van der Waals surface area contributed by atoms with E-state index in [9.17, 15) is 14.9 Å². The first-order chi connectivity index (χ1) is 14.9. The van der Waals surface area contributed by atoms with Crippen LogP contribution in [-0.4, -0.2) is 47.0 Å². The summed E-state index contributed by atoms with van der Waals surface area (Å²) >= 11 is 1.39. The third kappa shape index (κ3) is 4.08. The lowest BCUT2D eigenvalue weighted by Crippen LogP contribution is -2.47. The van der Waals surface area contributed by atoms with E-state index in [0.717, 1.165) is 16.7 Å². The average Bonchev–Trinajstić information content (AvgIpc) is 3.14. The Morgan fingerprint density at radius 1 is 1.19 bits per heavy atom. The van der Waals surface area contributed by atoms with E-state index in [1.54, 1.807) is 26.4 Å². The molecule has 1 amide bonds. The average molecular weight is 442 g/mol. The minimum absolute atomic E-state index is 0.00273. The van der Waals surface area contributed by atoms with Crippen LogP contribution in [0.5, 0.6) is 11.5 Å². The Morgan fingerprint density at radius 3 is 2.45 bits per heavy atom. The van der Waals surface area contributed by atoms with Crippen LogP contribution in [0.2, 0.25) is 0 Å². The second-order valence-corrected chi connectivity index (χ2v) is 8.26. The van der Waals surface area contributed by atoms with Crippen molar-refractivity contribution < 1.29 is 19.2 Å². The van der Waals surface area contributed by atoms with Gasteiger partial charge in [-0.05, 0) is 42.2 Å².